The molecule has 0 atom stereocenters. The summed E-state index contributed by atoms with van der Waals surface area (Å²) in [5, 5.41) is 3.56. The van der Waals surface area contributed by atoms with Crippen molar-refractivity contribution in [2.45, 2.75) is 6.42 Å². The number of hydrogen-bond acceptors (Lipinski definition) is 5. The van der Waals surface area contributed by atoms with Crippen molar-refractivity contribution in [2.24, 2.45) is 0 Å². The van der Waals surface area contributed by atoms with Crippen LogP contribution in [0.5, 0.6) is 0 Å². The van der Waals surface area contributed by atoms with Crippen LogP contribution < -0.4 is 5.32 Å². The molecule has 0 radical (unpaired) electrons. The third-order valence-electron chi connectivity index (χ3n) is 2.39. The molecule has 0 aliphatic carbocycles. The lowest BCUT2D eigenvalue weighted by atomic mass is 10.3. The Balaban J connectivity index is 2.03. The molecule has 1 aromatic rings. The van der Waals surface area contributed by atoms with Gasteiger partial charge < -0.3 is 19.5 Å². The summed E-state index contributed by atoms with van der Waals surface area (Å²) < 4.78 is 15.2. The van der Waals surface area contributed by atoms with Crippen LogP contribution >= 0.6 is 11.6 Å². The first-order valence-electron chi connectivity index (χ1n) is 6.44. The third kappa shape index (κ3) is 7.99. The van der Waals surface area contributed by atoms with Crippen molar-refractivity contribution in [2.75, 3.05) is 45.4 Å². The average molecular weight is 302 g/mol. The molecule has 0 aliphatic heterocycles. The predicted octanol–water partition coefficient (Wildman–Crippen LogP) is 2.35. The molecular formula is C14H20ClNO4. The minimum Gasteiger partial charge on any atom is -0.462 e. The molecule has 1 aromatic carbocycles. The molecule has 0 amide bonds. The van der Waals surface area contributed by atoms with Crippen LogP contribution in [0.2, 0.25) is 5.02 Å². The molecule has 0 aliphatic rings. The van der Waals surface area contributed by atoms with E-state index in [4.69, 9.17) is 25.8 Å². The summed E-state index contributed by atoms with van der Waals surface area (Å²) >= 11 is 5.83. The maximum atomic E-state index is 11.4. The second-order valence-electron chi connectivity index (χ2n) is 4.04. The number of anilines is 1. The molecule has 0 bridgehead atoms. The van der Waals surface area contributed by atoms with Crippen LogP contribution in [-0.2, 0) is 19.0 Å². The molecule has 1 rings (SSSR count). The largest absolute Gasteiger partial charge is 0.462 e. The highest BCUT2D eigenvalue weighted by molar-refractivity contribution is 6.30. The van der Waals surface area contributed by atoms with E-state index in [0.29, 0.717) is 24.8 Å². The van der Waals surface area contributed by atoms with Crippen LogP contribution in [0.25, 0.3) is 0 Å². The van der Waals surface area contributed by atoms with Gasteiger partial charge in [-0.3, -0.25) is 4.79 Å². The third-order valence-corrected chi connectivity index (χ3v) is 2.62. The first kappa shape index (κ1) is 16.8. The normalized spacial score (nSPS) is 10.3. The number of benzene rings is 1. The van der Waals surface area contributed by atoms with Crippen LogP contribution in [0.3, 0.4) is 0 Å². The summed E-state index contributed by atoms with van der Waals surface area (Å²) in [7, 11) is 1.65. The van der Waals surface area contributed by atoms with Gasteiger partial charge in [-0.1, -0.05) is 17.7 Å². The van der Waals surface area contributed by atoms with E-state index in [0.717, 1.165) is 12.1 Å². The number of carbonyl (C=O) groups is 1. The van der Waals surface area contributed by atoms with Crippen molar-refractivity contribution in [3.05, 3.63) is 29.3 Å². The van der Waals surface area contributed by atoms with Crippen molar-refractivity contribution in [3.8, 4) is 0 Å². The zero-order chi connectivity index (χ0) is 14.6. The molecule has 5 nitrogen and oxygen atoms in total. The molecule has 0 fully saturated rings. The smallest absolute Gasteiger partial charge is 0.325 e. The molecule has 1 N–H and O–H groups in total. The van der Waals surface area contributed by atoms with E-state index in [2.05, 4.69) is 5.32 Å². The topological polar surface area (TPSA) is 56.8 Å². The number of methoxy groups -OCH3 is 1. The molecule has 112 valence electrons. The lowest BCUT2D eigenvalue weighted by molar-refractivity contribution is -0.143. The van der Waals surface area contributed by atoms with Gasteiger partial charge in [0.1, 0.15) is 13.2 Å². The molecule has 6 heteroatoms. The lowest BCUT2D eigenvalue weighted by Crippen LogP contribution is -2.19. The molecule has 0 spiro atoms. The minimum atomic E-state index is -0.328. The van der Waals surface area contributed by atoms with E-state index in [1.807, 2.05) is 12.1 Å². The van der Waals surface area contributed by atoms with E-state index in [-0.39, 0.29) is 19.1 Å². The Morgan fingerprint density at radius 2 is 2.10 bits per heavy atom. The Morgan fingerprint density at radius 3 is 2.85 bits per heavy atom. The highest BCUT2D eigenvalue weighted by Gasteiger charge is 2.02. The number of ether oxygens (including phenoxy) is 3. The Bertz CT molecular complexity index is 401. The van der Waals surface area contributed by atoms with Crippen LogP contribution in [0.1, 0.15) is 6.42 Å². The summed E-state index contributed by atoms with van der Waals surface area (Å²) in [6, 6.07) is 7.15. The maximum Gasteiger partial charge on any atom is 0.325 e. The van der Waals surface area contributed by atoms with E-state index >= 15 is 0 Å². The number of halogens is 1. The molecule has 20 heavy (non-hydrogen) atoms. The van der Waals surface area contributed by atoms with Gasteiger partial charge in [0.2, 0.25) is 0 Å². The second kappa shape index (κ2) is 10.5. The maximum absolute atomic E-state index is 11.4. The monoisotopic (exact) mass is 301 g/mol. The summed E-state index contributed by atoms with van der Waals surface area (Å²) in [4.78, 5) is 11.4. The van der Waals surface area contributed by atoms with Gasteiger partial charge in [0.25, 0.3) is 0 Å². The highest BCUT2D eigenvalue weighted by Crippen LogP contribution is 2.14. The van der Waals surface area contributed by atoms with Crippen molar-refractivity contribution in [1.29, 1.82) is 0 Å². The number of rotatable bonds is 10. The quantitative estimate of drug-likeness (QED) is 0.531. The highest BCUT2D eigenvalue weighted by atomic mass is 35.5. The Morgan fingerprint density at radius 1 is 1.25 bits per heavy atom. The zero-order valence-electron chi connectivity index (χ0n) is 11.6. The fourth-order valence-corrected chi connectivity index (χ4v) is 1.64. The molecule has 0 heterocycles. The van der Waals surface area contributed by atoms with E-state index in [1.54, 1.807) is 19.2 Å². The summed E-state index contributed by atoms with van der Waals surface area (Å²) in [6.45, 7) is 2.02. The van der Waals surface area contributed by atoms with Crippen molar-refractivity contribution in [1.82, 2.24) is 0 Å². The predicted molar refractivity (Wildman–Crippen MR) is 78.2 cm³/mol. The lowest BCUT2D eigenvalue weighted by Gasteiger charge is -2.08. The van der Waals surface area contributed by atoms with Gasteiger partial charge in [-0.05, 0) is 24.6 Å². The number of hydrogen-bond donors (Lipinski definition) is 1. The number of esters is 1. The van der Waals surface area contributed by atoms with Gasteiger partial charge in [-0.2, -0.15) is 0 Å². The van der Waals surface area contributed by atoms with E-state index in [1.165, 1.54) is 0 Å². The Labute approximate surface area is 124 Å². The summed E-state index contributed by atoms with van der Waals surface area (Å²) in [5.41, 5.74) is 0.783. The molecule has 0 aromatic heterocycles. The standard InChI is InChI=1S/C14H20ClNO4/c1-18-6-3-7-19-8-9-20-14(17)11-16-13-5-2-4-12(15)10-13/h2,4-5,10,16H,3,6-9,11H2,1H3. The fraction of sp³-hybridized carbons (Fsp3) is 0.500. The minimum absolute atomic E-state index is 0.101. The number of nitrogens with one attached hydrogen (secondary N) is 1. The molecule has 0 saturated carbocycles. The molecule has 0 unspecified atom stereocenters. The van der Waals surface area contributed by atoms with Gasteiger partial charge in [0.05, 0.1) is 6.61 Å². The van der Waals surface area contributed by atoms with Gasteiger partial charge in [-0.15, -0.1) is 0 Å². The molecule has 0 saturated heterocycles. The van der Waals surface area contributed by atoms with Crippen molar-refractivity contribution < 1.29 is 19.0 Å². The van der Waals surface area contributed by atoms with Gasteiger partial charge in [-0.25, -0.2) is 0 Å². The molecular weight excluding hydrogens is 282 g/mol. The van der Waals surface area contributed by atoms with Crippen LogP contribution in [0, 0.1) is 0 Å². The van der Waals surface area contributed by atoms with Crippen LogP contribution in [0.15, 0.2) is 24.3 Å². The summed E-state index contributed by atoms with van der Waals surface area (Å²) in [6.07, 6.45) is 0.834. The van der Waals surface area contributed by atoms with Gasteiger partial charge >= 0.3 is 5.97 Å². The zero-order valence-corrected chi connectivity index (χ0v) is 12.3. The van der Waals surface area contributed by atoms with Gasteiger partial charge in [0, 0.05) is 31.0 Å². The first-order chi connectivity index (χ1) is 9.72. The number of carbonyl (C=O) groups excluding carboxylic acids is 1. The first-order valence-corrected chi connectivity index (χ1v) is 6.82. The van der Waals surface area contributed by atoms with E-state index in [9.17, 15) is 4.79 Å². The SMILES string of the molecule is COCCCOCCOC(=O)CNc1cccc(Cl)c1. The van der Waals surface area contributed by atoms with Crippen LogP contribution in [0.4, 0.5) is 5.69 Å². The van der Waals surface area contributed by atoms with Crippen molar-refractivity contribution >= 4 is 23.3 Å². The fourth-order valence-electron chi connectivity index (χ4n) is 1.45. The van der Waals surface area contributed by atoms with Crippen molar-refractivity contribution in [3.63, 3.8) is 0 Å². The Hall–Kier alpha value is -1.30. The second-order valence-corrected chi connectivity index (χ2v) is 4.48. The summed E-state index contributed by atoms with van der Waals surface area (Å²) in [5.74, 6) is -0.328. The van der Waals surface area contributed by atoms with Gasteiger partial charge in [0.15, 0.2) is 0 Å². The average Bonchev–Trinajstić information content (AvgIpc) is 2.44. The Kier molecular flexibility index (Phi) is 8.78. The van der Waals surface area contributed by atoms with E-state index < -0.39 is 0 Å². The van der Waals surface area contributed by atoms with Crippen LogP contribution in [-0.4, -0.2) is 46.1 Å².